The van der Waals surface area contributed by atoms with Gasteiger partial charge in [0.25, 0.3) is 5.91 Å². The van der Waals surface area contributed by atoms with Gasteiger partial charge in [0.05, 0.1) is 13.2 Å². The molecule has 3 rings (SSSR count). The second kappa shape index (κ2) is 7.25. The molecule has 1 heterocycles. The Morgan fingerprint density at radius 2 is 1.83 bits per heavy atom. The van der Waals surface area contributed by atoms with Gasteiger partial charge in [-0.3, -0.25) is 4.79 Å². The van der Waals surface area contributed by atoms with E-state index in [9.17, 15) is 4.79 Å². The molecular formula is C19H21NO4. The van der Waals surface area contributed by atoms with Crippen LogP contribution in [0.3, 0.4) is 0 Å². The number of methoxy groups -OCH3 is 1. The van der Waals surface area contributed by atoms with Crippen LogP contribution in [0.15, 0.2) is 42.5 Å². The Morgan fingerprint density at radius 1 is 1.12 bits per heavy atom. The molecule has 1 atom stereocenters. The van der Waals surface area contributed by atoms with Gasteiger partial charge in [0.15, 0.2) is 11.5 Å². The van der Waals surface area contributed by atoms with Gasteiger partial charge in [0.1, 0.15) is 19.0 Å². The lowest BCUT2D eigenvalue weighted by molar-refractivity contribution is 0.0934. The van der Waals surface area contributed by atoms with E-state index in [1.165, 1.54) is 0 Å². The van der Waals surface area contributed by atoms with Crippen LogP contribution in [0.5, 0.6) is 17.2 Å². The van der Waals surface area contributed by atoms with Crippen molar-refractivity contribution in [2.75, 3.05) is 20.3 Å². The SMILES string of the molecule is CCC(NC(=O)c1ccc2c(c1)OCCO2)c1ccc(OC)cc1. The molecule has 1 aliphatic rings. The number of fused-ring (bicyclic) bond motifs is 1. The first-order valence-electron chi connectivity index (χ1n) is 8.05. The normalized spacial score (nSPS) is 13.9. The van der Waals surface area contributed by atoms with E-state index in [-0.39, 0.29) is 11.9 Å². The number of carbonyl (C=O) groups is 1. The van der Waals surface area contributed by atoms with Gasteiger partial charge in [-0.15, -0.1) is 0 Å². The van der Waals surface area contributed by atoms with E-state index in [2.05, 4.69) is 5.32 Å². The van der Waals surface area contributed by atoms with Gasteiger partial charge in [-0.2, -0.15) is 0 Å². The molecule has 126 valence electrons. The summed E-state index contributed by atoms with van der Waals surface area (Å²) in [7, 11) is 1.63. The number of rotatable bonds is 5. The van der Waals surface area contributed by atoms with Gasteiger partial charge < -0.3 is 19.5 Å². The van der Waals surface area contributed by atoms with Crippen LogP contribution in [0.4, 0.5) is 0 Å². The van der Waals surface area contributed by atoms with Crippen molar-refractivity contribution in [3.05, 3.63) is 53.6 Å². The van der Waals surface area contributed by atoms with E-state index in [0.717, 1.165) is 17.7 Å². The average molecular weight is 327 g/mol. The molecule has 2 aromatic rings. The van der Waals surface area contributed by atoms with Crippen molar-refractivity contribution in [1.82, 2.24) is 5.32 Å². The molecule has 1 aliphatic heterocycles. The standard InChI is InChI=1S/C19H21NO4/c1-3-16(13-4-7-15(22-2)8-5-13)20-19(21)14-6-9-17-18(12-14)24-11-10-23-17/h4-9,12,16H,3,10-11H2,1-2H3,(H,20,21). The van der Waals surface area contributed by atoms with E-state index < -0.39 is 0 Å². The highest BCUT2D eigenvalue weighted by Crippen LogP contribution is 2.31. The zero-order valence-electron chi connectivity index (χ0n) is 13.9. The minimum Gasteiger partial charge on any atom is -0.497 e. The summed E-state index contributed by atoms with van der Waals surface area (Å²) in [6.45, 7) is 3.08. The summed E-state index contributed by atoms with van der Waals surface area (Å²) >= 11 is 0. The van der Waals surface area contributed by atoms with Gasteiger partial charge in [0, 0.05) is 5.56 Å². The van der Waals surface area contributed by atoms with Crippen molar-refractivity contribution in [3.63, 3.8) is 0 Å². The predicted molar refractivity (Wildman–Crippen MR) is 90.9 cm³/mol. The molecule has 0 saturated carbocycles. The summed E-state index contributed by atoms with van der Waals surface area (Å²) in [5.74, 6) is 1.97. The number of hydrogen-bond donors (Lipinski definition) is 1. The van der Waals surface area contributed by atoms with E-state index in [0.29, 0.717) is 30.3 Å². The van der Waals surface area contributed by atoms with Crippen molar-refractivity contribution in [1.29, 1.82) is 0 Å². The Kier molecular flexibility index (Phi) is 4.89. The fourth-order valence-corrected chi connectivity index (χ4v) is 2.68. The summed E-state index contributed by atoms with van der Waals surface area (Å²) in [6, 6.07) is 12.9. The molecule has 0 radical (unpaired) electrons. The molecule has 0 bridgehead atoms. The molecule has 0 fully saturated rings. The van der Waals surface area contributed by atoms with Gasteiger partial charge in [-0.25, -0.2) is 0 Å². The third kappa shape index (κ3) is 3.45. The van der Waals surface area contributed by atoms with Crippen LogP contribution in [0.25, 0.3) is 0 Å². The van der Waals surface area contributed by atoms with Gasteiger partial charge >= 0.3 is 0 Å². The Balaban J connectivity index is 1.74. The van der Waals surface area contributed by atoms with E-state index in [4.69, 9.17) is 14.2 Å². The average Bonchev–Trinajstić information content (AvgIpc) is 2.65. The number of hydrogen-bond acceptors (Lipinski definition) is 4. The van der Waals surface area contributed by atoms with Crippen molar-refractivity contribution >= 4 is 5.91 Å². The van der Waals surface area contributed by atoms with Crippen LogP contribution in [0.2, 0.25) is 0 Å². The highest BCUT2D eigenvalue weighted by Gasteiger charge is 2.18. The van der Waals surface area contributed by atoms with Crippen LogP contribution in [-0.4, -0.2) is 26.2 Å². The van der Waals surface area contributed by atoms with Crippen molar-refractivity contribution in [2.45, 2.75) is 19.4 Å². The third-order valence-electron chi connectivity index (χ3n) is 4.04. The quantitative estimate of drug-likeness (QED) is 0.915. The first-order valence-corrected chi connectivity index (χ1v) is 8.05. The number of carbonyl (C=O) groups excluding carboxylic acids is 1. The minimum atomic E-state index is -0.130. The molecule has 0 aromatic heterocycles. The maximum Gasteiger partial charge on any atom is 0.251 e. The van der Waals surface area contributed by atoms with E-state index in [1.807, 2.05) is 31.2 Å². The molecule has 1 amide bonds. The lowest BCUT2D eigenvalue weighted by Crippen LogP contribution is -2.28. The molecule has 24 heavy (non-hydrogen) atoms. The fourth-order valence-electron chi connectivity index (χ4n) is 2.68. The van der Waals surface area contributed by atoms with Crippen LogP contribution in [0, 0.1) is 0 Å². The van der Waals surface area contributed by atoms with E-state index in [1.54, 1.807) is 25.3 Å². The molecule has 5 heteroatoms. The highest BCUT2D eigenvalue weighted by molar-refractivity contribution is 5.95. The number of nitrogens with one attached hydrogen (secondary N) is 1. The molecule has 1 unspecified atom stereocenters. The Hall–Kier alpha value is -2.69. The summed E-state index contributed by atoms with van der Waals surface area (Å²) in [4.78, 5) is 12.6. The van der Waals surface area contributed by atoms with Gasteiger partial charge in [-0.05, 0) is 42.3 Å². The zero-order chi connectivity index (χ0) is 16.9. The minimum absolute atomic E-state index is 0.0587. The molecule has 2 aromatic carbocycles. The Bertz CT molecular complexity index is 712. The first-order chi connectivity index (χ1) is 11.7. The maximum atomic E-state index is 12.6. The number of benzene rings is 2. The van der Waals surface area contributed by atoms with Crippen molar-refractivity contribution in [3.8, 4) is 17.2 Å². The summed E-state index contributed by atoms with van der Waals surface area (Å²) in [5.41, 5.74) is 1.61. The lowest BCUT2D eigenvalue weighted by atomic mass is 10.0. The largest absolute Gasteiger partial charge is 0.497 e. The van der Waals surface area contributed by atoms with Crippen molar-refractivity contribution < 1.29 is 19.0 Å². The van der Waals surface area contributed by atoms with Gasteiger partial charge in [-0.1, -0.05) is 19.1 Å². The first kappa shape index (κ1) is 16.2. The fraction of sp³-hybridized carbons (Fsp3) is 0.316. The predicted octanol–water partition coefficient (Wildman–Crippen LogP) is 3.35. The van der Waals surface area contributed by atoms with Gasteiger partial charge in [0.2, 0.25) is 0 Å². The van der Waals surface area contributed by atoms with Crippen LogP contribution < -0.4 is 19.5 Å². The zero-order valence-corrected chi connectivity index (χ0v) is 13.9. The second-order valence-corrected chi connectivity index (χ2v) is 5.57. The summed E-state index contributed by atoms with van der Waals surface area (Å²) < 4.78 is 16.2. The topological polar surface area (TPSA) is 56.8 Å². The molecular weight excluding hydrogens is 306 g/mol. The van der Waals surface area contributed by atoms with Crippen LogP contribution in [0.1, 0.15) is 35.3 Å². The second-order valence-electron chi connectivity index (χ2n) is 5.57. The summed E-state index contributed by atoms with van der Waals surface area (Å²) in [6.07, 6.45) is 0.794. The van der Waals surface area contributed by atoms with Crippen molar-refractivity contribution in [2.24, 2.45) is 0 Å². The number of ether oxygens (including phenoxy) is 3. The molecule has 1 N–H and O–H groups in total. The monoisotopic (exact) mass is 327 g/mol. The Morgan fingerprint density at radius 3 is 2.50 bits per heavy atom. The Labute approximate surface area is 141 Å². The van der Waals surface area contributed by atoms with Crippen LogP contribution in [-0.2, 0) is 0 Å². The van der Waals surface area contributed by atoms with Crippen LogP contribution >= 0.6 is 0 Å². The smallest absolute Gasteiger partial charge is 0.251 e. The third-order valence-corrected chi connectivity index (χ3v) is 4.04. The van der Waals surface area contributed by atoms with E-state index >= 15 is 0 Å². The number of amides is 1. The highest BCUT2D eigenvalue weighted by atomic mass is 16.6. The molecule has 0 aliphatic carbocycles. The molecule has 0 spiro atoms. The molecule has 5 nitrogen and oxygen atoms in total. The lowest BCUT2D eigenvalue weighted by Gasteiger charge is -2.20. The maximum absolute atomic E-state index is 12.6. The molecule has 0 saturated heterocycles. The summed E-state index contributed by atoms with van der Waals surface area (Å²) in [5, 5.41) is 3.07.